The van der Waals surface area contributed by atoms with Crippen LogP contribution in [0.2, 0.25) is 0 Å². The molecule has 0 saturated carbocycles. The van der Waals surface area contributed by atoms with E-state index in [2.05, 4.69) is 109 Å². The summed E-state index contributed by atoms with van der Waals surface area (Å²) in [5.74, 6) is 0. The van der Waals surface area contributed by atoms with Gasteiger partial charge in [-0.1, -0.05) is 80.7 Å². The van der Waals surface area contributed by atoms with Crippen LogP contribution in [-0.2, 0) is 6.54 Å². The molecule has 0 bridgehead atoms. The molecule has 1 unspecified atom stereocenters. The third-order valence-corrected chi connectivity index (χ3v) is 5.09. The lowest BCUT2D eigenvalue weighted by molar-refractivity contribution is -0.915. The van der Waals surface area contributed by atoms with Crippen molar-refractivity contribution in [2.75, 3.05) is 41.3 Å². The lowest BCUT2D eigenvalue weighted by atomic mass is 10.0. The average molecular weight is 452 g/mol. The lowest BCUT2D eigenvalue weighted by Gasteiger charge is -2.37. The Morgan fingerprint density at radius 1 is 0.767 bits per heavy atom. The van der Waals surface area contributed by atoms with E-state index in [1.165, 1.54) is 11.1 Å². The second kappa shape index (κ2) is 15.3. The Morgan fingerprint density at radius 3 is 1.67 bits per heavy atom. The second-order valence-electron chi connectivity index (χ2n) is 8.64. The standard InChI is InChI=1S/C14H22N.C12H18N.2ClH/c1-5-12-15(3,4)14(6-2)13-10-8-7-9-11-13;1-4-10-13(2,3)11-12-8-6-5-7-9-12;;/h5,7-11,14H,1,6,12H2,2-4H3;4-9H,1,10-11H2,2-3H3;2*1H/q2*+1;;/p-2. The molecule has 0 fully saturated rings. The molecule has 0 N–H and O–H groups in total. The summed E-state index contributed by atoms with van der Waals surface area (Å²) in [6.07, 6.45) is 5.14. The van der Waals surface area contributed by atoms with E-state index in [4.69, 9.17) is 0 Å². The predicted octanol–water partition coefficient (Wildman–Crippen LogP) is -0.143. The van der Waals surface area contributed by atoms with Gasteiger partial charge >= 0.3 is 0 Å². The molecule has 0 heterocycles. The molecule has 0 spiro atoms. The molecular formula is C26H40Cl2N2. The van der Waals surface area contributed by atoms with E-state index >= 15 is 0 Å². The van der Waals surface area contributed by atoms with Gasteiger partial charge in [0.1, 0.15) is 12.6 Å². The first-order chi connectivity index (χ1) is 13.3. The minimum atomic E-state index is 0. The third kappa shape index (κ3) is 11.0. The summed E-state index contributed by atoms with van der Waals surface area (Å²) in [6, 6.07) is 21.9. The van der Waals surface area contributed by atoms with Gasteiger partial charge in [-0.2, -0.15) is 0 Å². The maximum atomic E-state index is 3.84. The first kappa shape index (κ1) is 30.6. The fraction of sp³-hybridized carbons (Fsp3) is 0.385. The van der Waals surface area contributed by atoms with Crippen molar-refractivity contribution >= 4 is 0 Å². The van der Waals surface area contributed by atoms with Crippen LogP contribution in [0.15, 0.2) is 86.0 Å². The van der Waals surface area contributed by atoms with E-state index in [9.17, 15) is 0 Å². The summed E-state index contributed by atoms with van der Waals surface area (Å²) < 4.78 is 1.94. The fourth-order valence-corrected chi connectivity index (χ4v) is 3.76. The van der Waals surface area contributed by atoms with E-state index in [0.29, 0.717) is 6.04 Å². The van der Waals surface area contributed by atoms with Crippen molar-refractivity contribution in [1.29, 1.82) is 0 Å². The zero-order chi connectivity index (χ0) is 21.0. The van der Waals surface area contributed by atoms with Gasteiger partial charge in [-0.15, -0.1) is 0 Å². The van der Waals surface area contributed by atoms with Crippen LogP contribution in [0.5, 0.6) is 0 Å². The molecule has 2 rings (SSSR count). The molecule has 2 aromatic carbocycles. The van der Waals surface area contributed by atoms with Gasteiger partial charge in [0.25, 0.3) is 0 Å². The Hall–Kier alpha value is -1.58. The Balaban J connectivity index is 0. The van der Waals surface area contributed by atoms with Crippen molar-refractivity contribution < 1.29 is 33.8 Å². The van der Waals surface area contributed by atoms with Crippen LogP contribution < -0.4 is 24.8 Å². The summed E-state index contributed by atoms with van der Waals surface area (Å²) in [5.41, 5.74) is 2.81. The van der Waals surface area contributed by atoms with Gasteiger partial charge in [0.15, 0.2) is 0 Å². The topological polar surface area (TPSA) is 0 Å². The van der Waals surface area contributed by atoms with Crippen molar-refractivity contribution in [2.24, 2.45) is 0 Å². The van der Waals surface area contributed by atoms with Gasteiger partial charge in [-0.05, 0) is 12.2 Å². The first-order valence-electron chi connectivity index (χ1n) is 10.2. The van der Waals surface area contributed by atoms with Gasteiger partial charge in [0.2, 0.25) is 0 Å². The highest BCUT2D eigenvalue weighted by atomic mass is 35.5. The Bertz CT molecular complexity index is 697. The molecule has 1 atom stereocenters. The molecule has 0 aliphatic heterocycles. The van der Waals surface area contributed by atoms with Crippen molar-refractivity contribution in [1.82, 2.24) is 0 Å². The molecule has 0 aliphatic rings. The lowest BCUT2D eigenvalue weighted by Crippen LogP contribution is -3.00. The number of benzene rings is 2. The summed E-state index contributed by atoms with van der Waals surface area (Å²) in [5, 5.41) is 0. The summed E-state index contributed by atoms with van der Waals surface area (Å²) in [4.78, 5) is 0. The minimum absolute atomic E-state index is 0. The van der Waals surface area contributed by atoms with Gasteiger partial charge in [0.05, 0.1) is 41.3 Å². The average Bonchev–Trinajstić information content (AvgIpc) is 2.64. The van der Waals surface area contributed by atoms with Crippen molar-refractivity contribution in [3.63, 3.8) is 0 Å². The quantitative estimate of drug-likeness (QED) is 0.368. The minimum Gasteiger partial charge on any atom is -1.00 e. The number of hydrogen-bond acceptors (Lipinski definition) is 0. The Labute approximate surface area is 197 Å². The van der Waals surface area contributed by atoms with Crippen LogP contribution in [0.1, 0.15) is 30.5 Å². The molecule has 168 valence electrons. The van der Waals surface area contributed by atoms with Crippen LogP contribution in [-0.4, -0.2) is 50.2 Å². The molecule has 0 aliphatic carbocycles. The van der Waals surface area contributed by atoms with E-state index in [1.807, 2.05) is 12.2 Å². The normalized spacial score (nSPS) is 11.6. The smallest absolute Gasteiger partial charge is 0.114 e. The number of nitrogens with zero attached hydrogens (tertiary/aromatic N) is 2. The largest absolute Gasteiger partial charge is 1.00 e. The van der Waals surface area contributed by atoms with Crippen LogP contribution in [0, 0.1) is 0 Å². The van der Waals surface area contributed by atoms with Gasteiger partial charge in [0, 0.05) is 17.5 Å². The van der Waals surface area contributed by atoms with E-state index in [-0.39, 0.29) is 24.8 Å². The van der Waals surface area contributed by atoms with Crippen LogP contribution in [0.25, 0.3) is 0 Å². The number of quaternary nitrogens is 2. The van der Waals surface area contributed by atoms with Gasteiger partial charge in [-0.3, -0.25) is 0 Å². The summed E-state index contributed by atoms with van der Waals surface area (Å²) >= 11 is 0. The summed E-state index contributed by atoms with van der Waals surface area (Å²) in [6.45, 7) is 12.9. The first-order valence-corrected chi connectivity index (χ1v) is 10.2. The number of halogens is 2. The molecule has 4 heteroatoms. The molecule has 0 aromatic heterocycles. The molecule has 0 saturated heterocycles. The number of rotatable bonds is 9. The SMILES string of the molecule is C=CC[N+](C)(C)C(CC)c1ccccc1.C=CC[N+](C)(C)Cc1ccccc1.[Cl-].[Cl-]. The highest BCUT2D eigenvalue weighted by molar-refractivity contribution is 5.17. The van der Waals surface area contributed by atoms with Gasteiger partial charge < -0.3 is 33.8 Å². The summed E-state index contributed by atoms with van der Waals surface area (Å²) in [7, 11) is 8.97. The van der Waals surface area contributed by atoms with Crippen LogP contribution in [0.3, 0.4) is 0 Å². The van der Waals surface area contributed by atoms with Crippen LogP contribution in [0.4, 0.5) is 0 Å². The van der Waals surface area contributed by atoms with E-state index < -0.39 is 0 Å². The van der Waals surface area contributed by atoms with Crippen molar-refractivity contribution in [2.45, 2.75) is 25.9 Å². The molecule has 30 heavy (non-hydrogen) atoms. The maximum absolute atomic E-state index is 3.84. The van der Waals surface area contributed by atoms with Crippen molar-refractivity contribution in [3.8, 4) is 0 Å². The van der Waals surface area contributed by atoms with Gasteiger partial charge in [-0.25, -0.2) is 0 Å². The molecule has 2 aromatic rings. The number of hydrogen-bond donors (Lipinski definition) is 0. The zero-order valence-electron chi connectivity index (χ0n) is 19.4. The highest BCUT2D eigenvalue weighted by Gasteiger charge is 2.26. The zero-order valence-corrected chi connectivity index (χ0v) is 20.9. The monoisotopic (exact) mass is 450 g/mol. The van der Waals surface area contributed by atoms with Crippen LogP contribution >= 0.6 is 0 Å². The molecule has 2 nitrogen and oxygen atoms in total. The Kier molecular flexibility index (Phi) is 15.6. The number of likely N-dealkylation sites (N-methyl/N-ethyl adjacent to an activating group) is 2. The fourth-order valence-electron chi connectivity index (χ4n) is 3.76. The van der Waals surface area contributed by atoms with E-state index in [0.717, 1.165) is 35.0 Å². The highest BCUT2D eigenvalue weighted by Crippen LogP contribution is 2.27. The van der Waals surface area contributed by atoms with Crippen molar-refractivity contribution in [3.05, 3.63) is 97.1 Å². The molecule has 0 amide bonds. The van der Waals surface area contributed by atoms with E-state index in [1.54, 1.807) is 0 Å². The molecule has 0 radical (unpaired) electrons. The molecular weight excluding hydrogens is 411 g/mol. The Morgan fingerprint density at radius 2 is 1.23 bits per heavy atom. The third-order valence-electron chi connectivity index (χ3n) is 5.09. The predicted molar refractivity (Wildman–Crippen MR) is 124 cm³/mol. The maximum Gasteiger partial charge on any atom is 0.114 e. The second-order valence-corrected chi connectivity index (χ2v) is 8.64.